The van der Waals surface area contributed by atoms with E-state index in [-0.39, 0.29) is 11.0 Å². The Morgan fingerprint density at radius 2 is 2.04 bits per heavy atom. The molecule has 0 aliphatic heterocycles. The Kier molecular flexibility index (Phi) is 4.30. The van der Waals surface area contributed by atoms with Crippen molar-refractivity contribution in [3.63, 3.8) is 0 Å². The van der Waals surface area contributed by atoms with E-state index >= 15 is 0 Å². The molecule has 2 N–H and O–H groups in total. The molecule has 25 heavy (non-hydrogen) atoms. The summed E-state index contributed by atoms with van der Waals surface area (Å²) < 4.78 is 40.4. The summed E-state index contributed by atoms with van der Waals surface area (Å²) in [6.07, 6.45) is -2.97. The standard InChI is InChI=1S/C16H14F3N5O/c1-10(11-6-4-8-20-11)22-23-14(25)9-24-13-7-3-2-5-12(13)21-15(24)16(17,18)19/h2-8,20H,9H2,1H3,(H,23,25). The molecule has 2 aromatic heterocycles. The highest BCUT2D eigenvalue weighted by Crippen LogP contribution is 2.31. The largest absolute Gasteiger partial charge is 0.449 e. The van der Waals surface area contributed by atoms with Crippen molar-refractivity contribution in [3.05, 3.63) is 54.1 Å². The fraction of sp³-hybridized carbons (Fsp3) is 0.188. The minimum absolute atomic E-state index is 0.175. The Bertz CT molecular complexity index is 925. The summed E-state index contributed by atoms with van der Waals surface area (Å²) in [5.41, 5.74) is 3.87. The van der Waals surface area contributed by atoms with Gasteiger partial charge in [-0.2, -0.15) is 18.3 Å². The third-order valence-electron chi connectivity index (χ3n) is 3.55. The van der Waals surface area contributed by atoms with Crippen LogP contribution in [0.25, 0.3) is 11.0 Å². The Labute approximate surface area is 140 Å². The molecule has 0 radical (unpaired) electrons. The molecule has 0 saturated heterocycles. The van der Waals surface area contributed by atoms with Crippen LogP contribution in [0.3, 0.4) is 0 Å². The van der Waals surface area contributed by atoms with E-state index in [4.69, 9.17) is 0 Å². The number of alkyl halides is 3. The maximum Gasteiger partial charge on any atom is 0.449 e. The van der Waals surface area contributed by atoms with E-state index < -0.39 is 24.5 Å². The van der Waals surface area contributed by atoms with Gasteiger partial charge < -0.3 is 9.55 Å². The Morgan fingerprint density at radius 1 is 1.28 bits per heavy atom. The van der Waals surface area contributed by atoms with Gasteiger partial charge in [-0.25, -0.2) is 10.4 Å². The van der Waals surface area contributed by atoms with Gasteiger partial charge in [-0.1, -0.05) is 12.1 Å². The van der Waals surface area contributed by atoms with Gasteiger partial charge in [0.05, 0.1) is 22.4 Å². The van der Waals surface area contributed by atoms with E-state index in [1.165, 1.54) is 12.1 Å². The fourth-order valence-corrected chi connectivity index (χ4v) is 2.39. The predicted octanol–water partition coefficient (Wildman–Crippen LogP) is 2.92. The molecule has 0 unspecified atom stereocenters. The number of nitrogens with one attached hydrogen (secondary N) is 2. The lowest BCUT2D eigenvalue weighted by Gasteiger charge is -2.10. The fourth-order valence-electron chi connectivity index (χ4n) is 2.39. The highest BCUT2D eigenvalue weighted by atomic mass is 19.4. The second-order valence-corrected chi connectivity index (χ2v) is 5.32. The summed E-state index contributed by atoms with van der Waals surface area (Å²) in [5, 5.41) is 3.89. The number of carbonyl (C=O) groups excluding carboxylic acids is 1. The van der Waals surface area contributed by atoms with E-state index in [1.807, 2.05) is 0 Å². The summed E-state index contributed by atoms with van der Waals surface area (Å²) in [5.74, 6) is -1.80. The number of hydrogen-bond donors (Lipinski definition) is 2. The number of H-pyrrole nitrogens is 1. The molecule has 3 rings (SSSR count). The topological polar surface area (TPSA) is 75.1 Å². The molecule has 0 fully saturated rings. The first-order valence-electron chi connectivity index (χ1n) is 7.35. The summed E-state index contributed by atoms with van der Waals surface area (Å²) >= 11 is 0. The molecular weight excluding hydrogens is 335 g/mol. The number of aromatic amines is 1. The molecular formula is C16H14F3N5O. The van der Waals surface area contributed by atoms with Crippen molar-refractivity contribution in [1.29, 1.82) is 0 Å². The second-order valence-electron chi connectivity index (χ2n) is 5.32. The number of hydrazone groups is 1. The lowest BCUT2D eigenvalue weighted by molar-refractivity contribution is -0.147. The highest BCUT2D eigenvalue weighted by Gasteiger charge is 2.37. The van der Waals surface area contributed by atoms with Gasteiger partial charge in [0.2, 0.25) is 5.82 Å². The van der Waals surface area contributed by atoms with E-state index in [2.05, 4.69) is 20.5 Å². The number of nitrogens with zero attached hydrogens (tertiary/aromatic N) is 3. The van der Waals surface area contributed by atoms with Crippen LogP contribution in [0.5, 0.6) is 0 Å². The quantitative estimate of drug-likeness (QED) is 0.561. The average molecular weight is 349 g/mol. The first-order valence-corrected chi connectivity index (χ1v) is 7.35. The van der Waals surface area contributed by atoms with Gasteiger partial charge in [0.15, 0.2) is 0 Å². The van der Waals surface area contributed by atoms with Crippen molar-refractivity contribution in [3.8, 4) is 0 Å². The van der Waals surface area contributed by atoms with E-state index in [1.54, 1.807) is 37.4 Å². The Hall–Kier alpha value is -3.10. The summed E-state index contributed by atoms with van der Waals surface area (Å²) in [6, 6.07) is 9.65. The molecule has 9 heteroatoms. The zero-order valence-corrected chi connectivity index (χ0v) is 13.1. The molecule has 1 aromatic carbocycles. The van der Waals surface area contributed by atoms with Crippen LogP contribution in [-0.4, -0.2) is 26.2 Å². The lowest BCUT2D eigenvalue weighted by Crippen LogP contribution is -2.27. The number of hydrogen-bond acceptors (Lipinski definition) is 3. The molecule has 0 bridgehead atoms. The summed E-state index contributed by atoms with van der Waals surface area (Å²) in [6.45, 7) is 1.12. The van der Waals surface area contributed by atoms with Crippen LogP contribution in [0.4, 0.5) is 13.2 Å². The molecule has 130 valence electrons. The molecule has 1 amide bonds. The Balaban J connectivity index is 1.85. The van der Waals surface area contributed by atoms with Gasteiger partial charge >= 0.3 is 6.18 Å². The third kappa shape index (κ3) is 3.54. The van der Waals surface area contributed by atoms with Gasteiger partial charge in [-0.05, 0) is 31.2 Å². The number of benzene rings is 1. The van der Waals surface area contributed by atoms with Crippen LogP contribution in [-0.2, 0) is 17.5 Å². The van der Waals surface area contributed by atoms with Crippen molar-refractivity contribution >= 4 is 22.7 Å². The maximum atomic E-state index is 13.2. The smallest absolute Gasteiger partial charge is 0.360 e. The molecule has 2 heterocycles. The number of aromatic nitrogens is 3. The maximum absolute atomic E-state index is 13.2. The SMILES string of the molecule is CC(=NNC(=O)Cn1c(C(F)(F)F)nc2ccccc21)c1ccc[nH]1. The van der Waals surface area contributed by atoms with Crippen LogP contribution in [0.1, 0.15) is 18.4 Å². The van der Waals surface area contributed by atoms with Crippen LogP contribution in [0.15, 0.2) is 47.7 Å². The summed E-state index contributed by atoms with van der Waals surface area (Å²) in [7, 11) is 0. The number of fused-ring (bicyclic) bond motifs is 1. The number of para-hydroxylation sites is 2. The van der Waals surface area contributed by atoms with Gasteiger partial charge in [0.1, 0.15) is 6.54 Å². The monoisotopic (exact) mass is 349 g/mol. The zero-order chi connectivity index (χ0) is 18.0. The minimum Gasteiger partial charge on any atom is -0.360 e. The second kappa shape index (κ2) is 6.42. The van der Waals surface area contributed by atoms with Gasteiger partial charge in [0, 0.05) is 6.20 Å². The van der Waals surface area contributed by atoms with Crippen molar-refractivity contribution in [1.82, 2.24) is 20.0 Å². The van der Waals surface area contributed by atoms with Gasteiger partial charge in [0.25, 0.3) is 5.91 Å². The number of halogens is 3. The van der Waals surface area contributed by atoms with E-state index in [9.17, 15) is 18.0 Å². The van der Waals surface area contributed by atoms with Gasteiger partial charge in [-0.3, -0.25) is 4.79 Å². The van der Waals surface area contributed by atoms with Crippen LogP contribution >= 0.6 is 0 Å². The zero-order valence-electron chi connectivity index (χ0n) is 13.1. The number of carbonyl (C=O) groups is 1. The van der Waals surface area contributed by atoms with Crippen LogP contribution < -0.4 is 5.43 Å². The van der Waals surface area contributed by atoms with Crippen LogP contribution in [0, 0.1) is 0 Å². The van der Waals surface area contributed by atoms with Gasteiger partial charge in [-0.15, -0.1) is 0 Å². The van der Waals surface area contributed by atoms with Crippen molar-refractivity contribution in [2.24, 2.45) is 5.10 Å². The molecule has 0 aliphatic carbocycles. The molecule has 0 aliphatic rings. The highest BCUT2D eigenvalue weighted by molar-refractivity contribution is 5.97. The molecule has 0 atom stereocenters. The lowest BCUT2D eigenvalue weighted by atomic mass is 10.3. The first kappa shape index (κ1) is 16.7. The predicted molar refractivity (Wildman–Crippen MR) is 85.9 cm³/mol. The van der Waals surface area contributed by atoms with E-state index in [0.717, 1.165) is 4.57 Å². The molecule has 3 aromatic rings. The van der Waals surface area contributed by atoms with Crippen molar-refractivity contribution in [2.45, 2.75) is 19.6 Å². The third-order valence-corrected chi connectivity index (χ3v) is 3.55. The number of imidazole rings is 1. The molecule has 0 saturated carbocycles. The van der Waals surface area contributed by atoms with E-state index in [0.29, 0.717) is 11.4 Å². The Morgan fingerprint density at radius 3 is 2.72 bits per heavy atom. The minimum atomic E-state index is -4.66. The molecule has 6 nitrogen and oxygen atoms in total. The summed E-state index contributed by atoms with van der Waals surface area (Å²) in [4.78, 5) is 18.6. The normalized spacial score (nSPS) is 12.6. The number of amides is 1. The average Bonchev–Trinajstić information content (AvgIpc) is 3.20. The molecule has 0 spiro atoms. The first-order chi connectivity index (χ1) is 11.9. The van der Waals surface area contributed by atoms with Crippen molar-refractivity contribution in [2.75, 3.05) is 0 Å². The van der Waals surface area contributed by atoms with Crippen LogP contribution in [0.2, 0.25) is 0 Å². The number of rotatable bonds is 4. The van der Waals surface area contributed by atoms with Crippen molar-refractivity contribution < 1.29 is 18.0 Å².